The number of likely N-dealkylation sites (tertiary alicyclic amines) is 1. The summed E-state index contributed by atoms with van der Waals surface area (Å²) in [5.41, 5.74) is 2.23. The lowest BCUT2D eigenvalue weighted by atomic mass is 9.95. The van der Waals surface area contributed by atoms with E-state index >= 15 is 0 Å². The van der Waals surface area contributed by atoms with Crippen LogP contribution >= 0.6 is 0 Å². The molecule has 12 heteroatoms. The minimum Gasteiger partial charge on any atom is -0.465 e. The van der Waals surface area contributed by atoms with Gasteiger partial charge < -0.3 is 34.4 Å². The molecule has 0 radical (unpaired) electrons. The zero-order valence-electron chi connectivity index (χ0n) is 22.1. The summed E-state index contributed by atoms with van der Waals surface area (Å²) in [6.45, 7) is 10.9. The Morgan fingerprint density at radius 2 is 2.08 bits per heavy atom. The number of carbonyl (C=O) groups is 2. The van der Waals surface area contributed by atoms with E-state index in [4.69, 9.17) is 9.15 Å². The Morgan fingerprint density at radius 3 is 2.78 bits per heavy atom. The van der Waals surface area contributed by atoms with Crippen molar-refractivity contribution in [2.75, 3.05) is 32.1 Å². The van der Waals surface area contributed by atoms with Gasteiger partial charge in [0.2, 0.25) is 5.89 Å². The fraction of sp³-hybridized carbons (Fsp3) is 0.520. The number of hydrogen-bond donors (Lipinski definition) is 3. The van der Waals surface area contributed by atoms with Gasteiger partial charge >= 0.3 is 6.09 Å². The lowest BCUT2D eigenvalue weighted by Crippen LogP contribution is -2.47. The van der Waals surface area contributed by atoms with Gasteiger partial charge in [-0.1, -0.05) is 26.6 Å². The number of aromatic nitrogens is 3. The molecule has 2 atom stereocenters. The predicted molar refractivity (Wildman–Crippen MR) is 144 cm³/mol. The van der Waals surface area contributed by atoms with E-state index in [1.54, 1.807) is 6.20 Å². The fourth-order valence-electron chi connectivity index (χ4n) is 4.55. The molecule has 0 aromatic carbocycles. The Labute approximate surface area is 217 Å². The topological polar surface area (TPSA) is 135 Å². The molecule has 0 aliphatic carbocycles. The number of nitrogens with zero attached hydrogens (tertiary/aromatic N) is 4. The first-order valence-electron chi connectivity index (χ1n) is 12.5. The highest BCUT2D eigenvalue weighted by atomic mass is 28.3. The van der Waals surface area contributed by atoms with Gasteiger partial charge in [-0.15, -0.1) is 0 Å². The van der Waals surface area contributed by atoms with Gasteiger partial charge in [-0.2, -0.15) is 0 Å². The number of rotatable bonds is 9. The maximum atomic E-state index is 12.1. The quantitative estimate of drug-likeness (QED) is 0.278. The SMILES string of the molecule is CNC(=O)c1coc(-c2cnc3c(ccn3COCC[Si](C)(C)C)c2N[C@@H]2C[C@H](C)CN(C(=O)O)C2)n1. The monoisotopic (exact) mass is 528 g/mol. The van der Waals surface area contributed by atoms with Gasteiger partial charge in [0, 0.05) is 58.6 Å². The van der Waals surface area contributed by atoms with Gasteiger partial charge in [-0.3, -0.25) is 4.79 Å². The van der Waals surface area contributed by atoms with Crippen LogP contribution in [0.1, 0.15) is 23.8 Å². The van der Waals surface area contributed by atoms with Crippen molar-refractivity contribution in [3.05, 3.63) is 30.4 Å². The summed E-state index contributed by atoms with van der Waals surface area (Å²) in [6, 6.07) is 2.92. The first-order valence-corrected chi connectivity index (χ1v) is 16.2. The van der Waals surface area contributed by atoms with E-state index in [0.717, 1.165) is 29.2 Å². The second-order valence-corrected chi connectivity index (χ2v) is 16.5. The third-order valence-electron chi connectivity index (χ3n) is 6.49. The number of anilines is 1. The number of hydrogen-bond acceptors (Lipinski definition) is 7. The summed E-state index contributed by atoms with van der Waals surface area (Å²) in [4.78, 5) is 34.2. The summed E-state index contributed by atoms with van der Waals surface area (Å²) in [6.07, 6.45) is 4.80. The van der Waals surface area contributed by atoms with Crippen LogP contribution in [-0.4, -0.2) is 77.4 Å². The third kappa shape index (κ3) is 6.31. The van der Waals surface area contributed by atoms with Crippen LogP contribution in [0.5, 0.6) is 0 Å². The zero-order valence-corrected chi connectivity index (χ0v) is 23.1. The summed E-state index contributed by atoms with van der Waals surface area (Å²) < 4.78 is 13.6. The summed E-state index contributed by atoms with van der Waals surface area (Å²) in [5.74, 6) is 0.112. The van der Waals surface area contributed by atoms with Gasteiger partial charge in [-0.25, -0.2) is 14.8 Å². The van der Waals surface area contributed by atoms with Gasteiger partial charge in [0.25, 0.3) is 5.91 Å². The van der Waals surface area contributed by atoms with Crippen molar-refractivity contribution in [3.63, 3.8) is 0 Å². The van der Waals surface area contributed by atoms with E-state index in [9.17, 15) is 14.7 Å². The molecule has 0 unspecified atom stereocenters. The number of carbonyl (C=O) groups excluding carboxylic acids is 1. The van der Waals surface area contributed by atoms with Gasteiger partial charge in [-0.05, 0) is 24.4 Å². The first-order chi connectivity index (χ1) is 17.6. The van der Waals surface area contributed by atoms with E-state index in [1.165, 1.54) is 18.2 Å². The Bertz CT molecular complexity index is 1270. The molecule has 200 valence electrons. The molecule has 1 saturated heterocycles. The smallest absolute Gasteiger partial charge is 0.407 e. The second kappa shape index (κ2) is 10.9. The normalized spacial score (nSPS) is 18.2. The van der Waals surface area contributed by atoms with Crippen LogP contribution in [0.15, 0.2) is 29.1 Å². The Kier molecular flexibility index (Phi) is 7.88. The molecule has 0 spiro atoms. The molecule has 3 aromatic heterocycles. The van der Waals surface area contributed by atoms with Crippen molar-refractivity contribution < 1.29 is 23.8 Å². The number of ether oxygens (including phenoxy) is 1. The van der Waals surface area contributed by atoms with E-state index in [1.807, 2.05) is 23.8 Å². The Hall–Kier alpha value is -3.38. The molecule has 11 nitrogen and oxygen atoms in total. The minimum absolute atomic E-state index is 0.117. The van der Waals surface area contributed by atoms with Crippen LogP contribution < -0.4 is 10.6 Å². The van der Waals surface area contributed by atoms with E-state index in [0.29, 0.717) is 32.0 Å². The lowest BCUT2D eigenvalue weighted by Gasteiger charge is -2.36. The average Bonchev–Trinajstić information content (AvgIpc) is 3.48. The van der Waals surface area contributed by atoms with Crippen LogP contribution in [-0.2, 0) is 11.5 Å². The van der Waals surface area contributed by atoms with E-state index in [-0.39, 0.29) is 29.5 Å². The summed E-state index contributed by atoms with van der Waals surface area (Å²) >= 11 is 0. The van der Waals surface area contributed by atoms with Crippen molar-refractivity contribution in [2.24, 2.45) is 5.92 Å². The summed E-state index contributed by atoms with van der Waals surface area (Å²) in [7, 11) is 0.340. The molecule has 1 fully saturated rings. The molecule has 0 bridgehead atoms. The largest absolute Gasteiger partial charge is 0.465 e. The number of piperidine rings is 1. The van der Waals surface area contributed by atoms with E-state index < -0.39 is 14.2 Å². The number of carboxylic acid groups (broad SMARTS) is 1. The number of oxazole rings is 1. The molecule has 1 aliphatic rings. The predicted octanol–water partition coefficient (Wildman–Crippen LogP) is 4.16. The molecular weight excluding hydrogens is 492 g/mol. The maximum Gasteiger partial charge on any atom is 0.407 e. The van der Waals surface area contributed by atoms with Crippen molar-refractivity contribution >= 4 is 36.8 Å². The molecule has 2 amide bonds. The van der Waals surface area contributed by atoms with Crippen molar-refractivity contribution in [1.82, 2.24) is 24.8 Å². The summed E-state index contributed by atoms with van der Waals surface area (Å²) in [5, 5.41) is 16.5. The minimum atomic E-state index is -1.19. The van der Waals surface area contributed by atoms with Crippen LogP contribution in [0.2, 0.25) is 25.7 Å². The zero-order chi connectivity index (χ0) is 26.7. The molecule has 3 aromatic rings. The van der Waals surface area contributed by atoms with Gasteiger partial charge in [0.05, 0.1) is 11.3 Å². The van der Waals surface area contributed by atoms with E-state index in [2.05, 4.69) is 40.2 Å². The van der Waals surface area contributed by atoms with Crippen molar-refractivity contribution in [3.8, 4) is 11.5 Å². The van der Waals surface area contributed by atoms with Crippen molar-refractivity contribution in [2.45, 2.75) is 51.8 Å². The standard InChI is InChI=1S/C25H36N6O5Si/c1-16-10-17(13-31(12-16)25(33)34)28-21-18-6-7-30(15-35-8-9-37(3,4)5)22(18)27-11-19(21)24-29-20(14-36-24)23(32)26-2/h6-7,11,14,16-17H,8-10,12-13,15H2,1-5H3,(H,26,32)(H,27,28)(H,33,34)/t16-,17+/m0/s1. The molecule has 0 saturated carbocycles. The number of pyridine rings is 1. The van der Waals surface area contributed by atoms with Crippen molar-refractivity contribution in [1.29, 1.82) is 0 Å². The van der Waals surface area contributed by atoms with Gasteiger partial charge in [0.1, 0.15) is 18.6 Å². The third-order valence-corrected chi connectivity index (χ3v) is 8.19. The molecular formula is C25H36N6O5Si. The molecule has 4 rings (SSSR count). The highest BCUT2D eigenvalue weighted by Crippen LogP contribution is 2.35. The Morgan fingerprint density at radius 1 is 1.30 bits per heavy atom. The molecule has 3 N–H and O–H groups in total. The average molecular weight is 529 g/mol. The fourth-order valence-corrected chi connectivity index (χ4v) is 5.30. The first kappa shape index (κ1) is 26.7. The van der Waals surface area contributed by atoms with Gasteiger partial charge in [0.15, 0.2) is 5.69 Å². The Balaban J connectivity index is 1.68. The highest BCUT2D eigenvalue weighted by molar-refractivity contribution is 6.76. The second-order valence-electron chi connectivity index (χ2n) is 10.9. The molecule has 4 heterocycles. The van der Waals surface area contributed by atoms with Crippen LogP contribution in [0, 0.1) is 5.92 Å². The maximum absolute atomic E-state index is 12.1. The van der Waals surface area contributed by atoms with Crippen LogP contribution in [0.25, 0.3) is 22.5 Å². The molecule has 37 heavy (non-hydrogen) atoms. The molecule has 1 aliphatic heterocycles. The highest BCUT2D eigenvalue weighted by Gasteiger charge is 2.29. The number of nitrogens with one attached hydrogen (secondary N) is 2. The lowest BCUT2D eigenvalue weighted by molar-refractivity contribution is 0.0899. The number of amides is 2. The number of fused-ring (bicyclic) bond motifs is 1. The van der Waals surface area contributed by atoms with Crippen LogP contribution in [0.3, 0.4) is 0 Å². The van der Waals surface area contributed by atoms with Crippen LogP contribution in [0.4, 0.5) is 10.5 Å².